The minimum atomic E-state index is -0.692. The summed E-state index contributed by atoms with van der Waals surface area (Å²) in [6.07, 6.45) is 1.32. The first-order valence-corrected chi connectivity index (χ1v) is 5.10. The molecule has 1 unspecified atom stereocenters. The molecule has 1 aromatic heterocycles. The van der Waals surface area contributed by atoms with Gasteiger partial charge >= 0.3 is 6.03 Å². The lowest BCUT2D eigenvalue weighted by Crippen LogP contribution is -2.41. The lowest BCUT2D eigenvalue weighted by atomic mass is 10.3. The molecular formula is C8H12N6O2S. The summed E-state index contributed by atoms with van der Waals surface area (Å²) in [5, 5.41) is 8.30. The van der Waals surface area contributed by atoms with Gasteiger partial charge in [-0.1, -0.05) is 12.2 Å². The second-order valence-electron chi connectivity index (χ2n) is 3.16. The minimum Gasteiger partial charge on any atom is -0.387 e. The standard InChI is InChI=1S/C8H12N6O2S/c1-4(7(15)12-8(16)10-2)14-3-11-6(13-14)5(9)17/h3-4H,1-2H3,(H2,9,17)(H2,10,12,15,16). The van der Waals surface area contributed by atoms with E-state index in [2.05, 4.69) is 20.7 Å². The Kier molecular flexibility index (Phi) is 4.10. The highest BCUT2D eigenvalue weighted by Gasteiger charge is 2.18. The van der Waals surface area contributed by atoms with Crippen LogP contribution in [0.2, 0.25) is 0 Å². The number of hydrogen-bond acceptors (Lipinski definition) is 5. The number of urea groups is 1. The summed E-state index contributed by atoms with van der Waals surface area (Å²) in [6, 6.07) is -1.28. The van der Waals surface area contributed by atoms with E-state index in [0.29, 0.717) is 0 Å². The average Bonchev–Trinajstić information content (AvgIpc) is 2.77. The van der Waals surface area contributed by atoms with Gasteiger partial charge in [-0.2, -0.15) is 0 Å². The zero-order chi connectivity index (χ0) is 13.0. The van der Waals surface area contributed by atoms with Crippen LogP contribution in [0.15, 0.2) is 6.33 Å². The highest BCUT2D eigenvalue weighted by Crippen LogP contribution is 2.03. The van der Waals surface area contributed by atoms with E-state index in [0.717, 1.165) is 0 Å². The molecule has 0 bridgehead atoms. The molecule has 1 atom stereocenters. The van der Waals surface area contributed by atoms with Crippen LogP contribution < -0.4 is 16.4 Å². The fraction of sp³-hybridized carbons (Fsp3) is 0.375. The quantitative estimate of drug-likeness (QED) is 0.593. The van der Waals surface area contributed by atoms with Gasteiger partial charge in [0.2, 0.25) is 5.82 Å². The van der Waals surface area contributed by atoms with E-state index in [1.165, 1.54) is 18.1 Å². The molecule has 0 aliphatic heterocycles. The van der Waals surface area contributed by atoms with E-state index in [1.807, 2.05) is 0 Å². The monoisotopic (exact) mass is 256 g/mol. The third-order valence-corrected chi connectivity index (χ3v) is 2.15. The molecule has 3 amide bonds. The highest BCUT2D eigenvalue weighted by atomic mass is 32.1. The van der Waals surface area contributed by atoms with Crippen molar-refractivity contribution in [3.63, 3.8) is 0 Å². The van der Waals surface area contributed by atoms with Crippen LogP contribution in [-0.4, -0.2) is 38.7 Å². The maximum absolute atomic E-state index is 11.6. The van der Waals surface area contributed by atoms with Crippen LogP contribution >= 0.6 is 12.2 Å². The molecular weight excluding hydrogens is 244 g/mol. The van der Waals surface area contributed by atoms with E-state index in [9.17, 15) is 9.59 Å². The largest absolute Gasteiger partial charge is 0.387 e. The molecule has 1 rings (SSSR count). The Balaban J connectivity index is 2.74. The maximum Gasteiger partial charge on any atom is 0.321 e. The summed E-state index contributed by atoms with van der Waals surface area (Å²) in [5.41, 5.74) is 5.33. The highest BCUT2D eigenvalue weighted by molar-refractivity contribution is 7.80. The second kappa shape index (κ2) is 5.34. The van der Waals surface area contributed by atoms with Gasteiger partial charge in [-0.15, -0.1) is 5.10 Å². The molecule has 0 saturated carbocycles. The number of imide groups is 1. The molecule has 1 heterocycles. The second-order valence-corrected chi connectivity index (χ2v) is 3.60. The van der Waals surface area contributed by atoms with E-state index in [4.69, 9.17) is 18.0 Å². The fourth-order valence-electron chi connectivity index (χ4n) is 0.973. The summed E-state index contributed by atoms with van der Waals surface area (Å²) in [6.45, 7) is 1.57. The summed E-state index contributed by atoms with van der Waals surface area (Å²) in [4.78, 5) is 26.4. The number of carbonyl (C=O) groups is 2. The van der Waals surface area contributed by atoms with Crippen LogP contribution in [0.5, 0.6) is 0 Å². The number of hydrogen-bond donors (Lipinski definition) is 3. The smallest absolute Gasteiger partial charge is 0.321 e. The Bertz CT molecular complexity index is 457. The molecule has 17 heavy (non-hydrogen) atoms. The van der Waals surface area contributed by atoms with Crippen molar-refractivity contribution < 1.29 is 9.59 Å². The normalized spacial score (nSPS) is 11.6. The van der Waals surface area contributed by atoms with Gasteiger partial charge in [0.05, 0.1) is 0 Å². The van der Waals surface area contributed by atoms with Crippen molar-refractivity contribution in [2.24, 2.45) is 5.73 Å². The summed E-state index contributed by atoms with van der Waals surface area (Å²) in [5.74, 6) is -0.330. The topological polar surface area (TPSA) is 115 Å². The molecule has 1 aromatic rings. The van der Waals surface area contributed by atoms with E-state index >= 15 is 0 Å². The third kappa shape index (κ3) is 3.21. The van der Waals surface area contributed by atoms with Gasteiger partial charge in [-0.25, -0.2) is 14.5 Å². The third-order valence-electron chi connectivity index (χ3n) is 1.97. The number of nitrogens with two attached hydrogens (primary N) is 1. The van der Waals surface area contributed by atoms with Crippen molar-refractivity contribution in [1.82, 2.24) is 25.4 Å². The molecule has 92 valence electrons. The first kappa shape index (κ1) is 13.0. The minimum absolute atomic E-state index is 0.0441. The number of thiocarbonyl (C=S) groups is 1. The predicted molar refractivity (Wildman–Crippen MR) is 63.2 cm³/mol. The SMILES string of the molecule is CNC(=O)NC(=O)C(C)n1cnc(C(N)=S)n1. The molecule has 0 radical (unpaired) electrons. The molecule has 0 fully saturated rings. The van der Waals surface area contributed by atoms with Gasteiger partial charge in [0.1, 0.15) is 17.4 Å². The Labute approximate surface area is 103 Å². The Hall–Kier alpha value is -2.03. The summed E-state index contributed by atoms with van der Waals surface area (Å²) >= 11 is 4.69. The molecule has 9 heteroatoms. The van der Waals surface area contributed by atoms with Crippen molar-refractivity contribution in [1.29, 1.82) is 0 Å². The van der Waals surface area contributed by atoms with Gasteiger partial charge in [-0.3, -0.25) is 10.1 Å². The molecule has 4 N–H and O–H groups in total. The van der Waals surface area contributed by atoms with Crippen LogP contribution in [0.3, 0.4) is 0 Å². The van der Waals surface area contributed by atoms with E-state index in [1.54, 1.807) is 6.92 Å². The van der Waals surface area contributed by atoms with Crippen LogP contribution in [0, 0.1) is 0 Å². The van der Waals surface area contributed by atoms with Crippen molar-refractivity contribution in [2.45, 2.75) is 13.0 Å². The zero-order valence-electron chi connectivity index (χ0n) is 9.30. The first-order valence-electron chi connectivity index (χ1n) is 4.69. The van der Waals surface area contributed by atoms with Crippen LogP contribution in [-0.2, 0) is 4.79 Å². The lowest BCUT2D eigenvalue weighted by Gasteiger charge is -2.10. The Morgan fingerprint density at radius 1 is 1.59 bits per heavy atom. The van der Waals surface area contributed by atoms with Crippen molar-refractivity contribution in [2.75, 3.05) is 7.05 Å². The number of nitrogens with one attached hydrogen (secondary N) is 2. The van der Waals surface area contributed by atoms with E-state index < -0.39 is 18.0 Å². The molecule has 0 spiro atoms. The number of aromatic nitrogens is 3. The van der Waals surface area contributed by atoms with Gasteiger partial charge < -0.3 is 11.1 Å². The molecule has 0 aliphatic carbocycles. The van der Waals surface area contributed by atoms with Crippen LogP contribution in [0.4, 0.5) is 4.79 Å². The van der Waals surface area contributed by atoms with Gasteiger partial charge in [0, 0.05) is 7.05 Å². The van der Waals surface area contributed by atoms with E-state index in [-0.39, 0.29) is 10.8 Å². The number of amides is 3. The Morgan fingerprint density at radius 2 is 2.24 bits per heavy atom. The van der Waals surface area contributed by atoms with Gasteiger partial charge in [-0.05, 0) is 6.92 Å². The maximum atomic E-state index is 11.6. The molecule has 0 aliphatic rings. The lowest BCUT2D eigenvalue weighted by molar-refractivity contribution is -0.123. The van der Waals surface area contributed by atoms with Gasteiger partial charge in [0.25, 0.3) is 5.91 Å². The Morgan fingerprint density at radius 3 is 2.71 bits per heavy atom. The summed E-state index contributed by atoms with van der Waals surface area (Å²) < 4.78 is 1.27. The molecule has 0 saturated heterocycles. The predicted octanol–water partition coefficient (Wildman–Crippen LogP) is -1.07. The van der Waals surface area contributed by atoms with Crippen molar-refractivity contribution >= 4 is 29.1 Å². The van der Waals surface area contributed by atoms with Crippen LogP contribution in [0.25, 0.3) is 0 Å². The first-order chi connectivity index (χ1) is 7.95. The average molecular weight is 256 g/mol. The number of nitrogens with zero attached hydrogens (tertiary/aromatic N) is 3. The molecule has 0 aromatic carbocycles. The number of carbonyl (C=O) groups excluding carboxylic acids is 2. The van der Waals surface area contributed by atoms with Crippen molar-refractivity contribution in [3.05, 3.63) is 12.2 Å². The number of rotatable bonds is 3. The zero-order valence-corrected chi connectivity index (χ0v) is 10.1. The van der Waals surface area contributed by atoms with Crippen molar-refractivity contribution in [3.8, 4) is 0 Å². The fourth-order valence-corrected chi connectivity index (χ4v) is 1.07. The summed E-state index contributed by atoms with van der Waals surface area (Å²) in [7, 11) is 1.41. The van der Waals surface area contributed by atoms with Crippen LogP contribution in [0.1, 0.15) is 18.8 Å². The molecule has 8 nitrogen and oxygen atoms in total. The van der Waals surface area contributed by atoms with Gasteiger partial charge in [0.15, 0.2) is 0 Å².